The van der Waals surface area contributed by atoms with Gasteiger partial charge >= 0.3 is 0 Å². The number of benzene rings is 1. The lowest BCUT2D eigenvalue weighted by molar-refractivity contribution is -0.119. The third-order valence-electron chi connectivity index (χ3n) is 3.21. The van der Waals surface area contributed by atoms with Gasteiger partial charge in [-0.1, -0.05) is 6.07 Å². The first-order valence-corrected chi connectivity index (χ1v) is 5.56. The van der Waals surface area contributed by atoms with Gasteiger partial charge in [-0.05, 0) is 25.0 Å². The zero-order chi connectivity index (χ0) is 12.5. The van der Waals surface area contributed by atoms with Crippen LogP contribution in [-0.2, 0) is 14.9 Å². The topological polar surface area (TPSA) is 26.3 Å². The molecule has 2 nitrogen and oxygen atoms in total. The van der Waals surface area contributed by atoms with Crippen molar-refractivity contribution in [2.24, 2.45) is 0 Å². The standard InChI is InChI=1S/C13H14F2O2/c1-9(16)4-5-13(7-17-8-13)11-3-2-10(14)6-12(11)15/h2-3,6H,4-5,7-8H2,1H3. The van der Waals surface area contributed by atoms with E-state index in [2.05, 4.69) is 0 Å². The molecular weight excluding hydrogens is 226 g/mol. The molecule has 0 N–H and O–H groups in total. The Morgan fingerprint density at radius 2 is 2.12 bits per heavy atom. The van der Waals surface area contributed by atoms with Crippen LogP contribution in [0.4, 0.5) is 8.78 Å². The number of carbonyl (C=O) groups is 1. The average molecular weight is 240 g/mol. The fraction of sp³-hybridized carbons (Fsp3) is 0.462. The van der Waals surface area contributed by atoms with Gasteiger partial charge in [-0.15, -0.1) is 0 Å². The molecule has 1 saturated heterocycles. The van der Waals surface area contributed by atoms with Crippen LogP contribution in [0.2, 0.25) is 0 Å². The van der Waals surface area contributed by atoms with Gasteiger partial charge in [-0.3, -0.25) is 0 Å². The Balaban J connectivity index is 2.25. The van der Waals surface area contributed by atoms with Gasteiger partial charge in [0.05, 0.1) is 13.2 Å². The minimum absolute atomic E-state index is 0.0683. The van der Waals surface area contributed by atoms with Crippen LogP contribution in [0.1, 0.15) is 25.3 Å². The molecule has 0 saturated carbocycles. The van der Waals surface area contributed by atoms with Gasteiger partial charge in [0.15, 0.2) is 0 Å². The van der Waals surface area contributed by atoms with Crippen molar-refractivity contribution in [1.29, 1.82) is 0 Å². The number of ether oxygens (including phenoxy) is 1. The van der Waals surface area contributed by atoms with Gasteiger partial charge in [0.2, 0.25) is 0 Å². The summed E-state index contributed by atoms with van der Waals surface area (Å²) in [6, 6.07) is 3.57. The zero-order valence-corrected chi connectivity index (χ0v) is 9.63. The molecule has 17 heavy (non-hydrogen) atoms. The third-order valence-corrected chi connectivity index (χ3v) is 3.21. The van der Waals surface area contributed by atoms with E-state index in [0.717, 1.165) is 6.07 Å². The summed E-state index contributed by atoms with van der Waals surface area (Å²) >= 11 is 0. The van der Waals surface area contributed by atoms with Crippen LogP contribution in [0.25, 0.3) is 0 Å². The second-order valence-electron chi connectivity index (χ2n) is 4.60. The Bertz CT molecular complexity index is 439. The maximum Gasteiger partial charge on any atom is 0.130 e. The number of hydrogen-bond donors (Lipinski definition) is 0. The maximum absolute atomic E-state index is 13.7. The van der Waals surface area contributed by atoms with Crippen molar-refractivity contribution >= 4 is 5.78 Å². The van der Waals surface area contributed by atoms with E-state index in [1.54, 1.807) is 0 Å². The van der Waals surface area contributed by atoms with E-state index < -0.39 is 17.0 Å². The van der Waals surface area contributed by atoms with Crippen molar-refractivity contribution in [2.45, 2.75) is 25.2 Å². The molecule has 1 aromatic carbocycles. The second-order valence-corrected chi connectivity index (χ2v) is 4.60. The van der Waals surface area contributed by atoms with E-state index in [1.165, 1.54) is 19.1 Å². The van der Waals surface area contributed by atoms with Crippen LogP contribution in [0, 0.1) is 11.6 Å². The summed E-state index contributed by atoms with van der Waals surface area (Å²) in [5.41, 5.74) is -0.00454. The van der Waals surface area contributed by atoms with Gasteiger partial charge in [0.1, 0.15) is 17.4 Å². The first kappa shape index (κ1) is 12.2. The molecule has 1 aliphatic heterocycles. The highest BCUT2D eigenvalue weighted by atomic mass is 19.1. The number of Topliss-reactive ketones (excluding diaryl/α,β-unsaturated/α-hetero) is 1. The molecule has 92 valence electrons. The average Bonchev–Trinajstić information content (AvgIpc) is 2.18. The monoisotopic (exact) mass is 240 g/mol. The highest BCUT2D eigenvalue weighted by Gasteiger charge is 2.42. The largest absolute Gasteiger partial charge is 0.379 e. The molecule has 2 rings (SSSR count). The molecule has 0 aromatic heterocycles. The van der Waals surface area contributed by atoms with E-state index in [-0.39, 0.29) is 5.78 Å². The highest BCUT2D eigenvalue weighted by molar-refractivity contribution is 5.75. The van der Waals surface area contributed by atoms with E-state index in [9.17, 15) is 13.6 Å². The Morgan fingerprint density at radius 1 is 1.41 bits per heavy atom. The maximum atomic E-state index is 13.7. The van der Waals surface area contributed by atoms with Crippen molar-refractivity contribution < 1.29 is 18.3 Å². The number of rotatable bonds is 4. The predicted octanol–water partition coefficient (Wildman–Crippen LogP) is 2.60. The van der Waals surface area contributed by atoms with Gasteiger partial charge in [0, 0.05) is 17.9 Å². The number of hydrogen-bond acceptors (Lipinski definition) is 2. The van der Waals surface area contributed by atoms with Gasteiger partial charge in [-0.25, -0.2) is 8.78 Å². The Hall–Kier alpha value is -1.29. The minimum Gasteiger partial charge on any atom is -0.379 e. The molecule has 0 unspecified atom stereocenters. The zero-order valence-electron chi connectivity index (χ0n) is 9.63. The van der Waals surface area contributed by atoms with E-state index in [1.807, 2.05) is 0 Å². The Morgan fingerprint density at radius 3 is 2.59 bits per heavy atom. The normalized spacial score (nSPS) is 17.6. The van der Waals surface area contributed by atoms with Crippen molar-refractivity contribution in [3.05, 3.63) is 35.4 Å². The summed E-state index contributed by atoms with van der Waals surface area (Å²) in [5.74, 6) is -1.08. The molecule has 1 aliphatic rings. The molecule has 1 heterocycles. The van der Waals surface area contributed by atoms with Gasteiger partial charge < -0.3 is 9.53 Å². The van der Waals surface area contributed by atoms with E-state index in [0.29, 0.717) is 31.6 Å². The van der Waals surface area contributed by atoms with Gasteiger partial charge in [0.25, 0.3) is 0 Å². The van der Waals surface area contributed by atoms with Crippen LogP contribution in [0.3, 0.4) is 0 Å². The lowest BCUT2D eigenvalue weighted by Gasteiger charge is -2.42. The number of halogens is 2. The first-order chi connectivity index (χ1) is 8.03. The van der Waals surface area contributed by atoms with Crippen molar-refractivity contribution in [3.63, 3.8) is 0 Å². The summed E-state index contributed by atoms with van der Waals surface area (Å²) in [7, 11) is 0. The smallest absolute Gasteiger partial charge is 0.130 e. The van der Waals surface area contributed by atoms with Crippen molar-refractivity contribution in [1.82, 2.24) is 0 Å². The SMILES string of the molecule is CC(=O)CCC1(c2ccc(F)cc2F)COC1. The molecule has 0 radical (unpaired) electrons. The summed E-state index contributed by atoms with van der Waals surface area (Å²) < 4.78 is 31.7. The van der Waals surface area contributed by atoms with Crippen molar-refractivity contribution in [3.8, 4) is 0 Å². The lowest BCUT2D eigenvalue weighted by Crippen LogP contribution is -2.47. The van der Waals surface area contributed by atoms with E-state index in [4.69, 9.17) is 4.74 Å². The lowest BCUT2D eigenvalue weighted by atomic mass is 9.74. The Labute approximate surface area is 98.6 Å². The van der Waals surface area contributed by atoms with Crippen LogP contribution in [0.5, 0.6) is 0 Å². The second kappa shape index (κ2) is 4.53. The van der Waals surface area contributed by atoms with Crippen LogP contribution in [0.15, 0.2) is 18.2 Å². The molecule has 0 amide bonds. The molecular formula is C13H14F2O2. The molecule has 4 heteroatoms. The predicted molar refractivity (Wildman–Crippen MR) is 58.8 cm³/mol. The van der Waals surface area contributed by atoms with Gasteiger partial charge in [-0.2, -0.15) is 0 Å². The number of carbonyl (C=O) groups excluding carboxylic acids is 1. The van der Waals surface area contributed by atoms with Crippen LogP contribution >= 0.6 is 0 Å². The fourth-order valence-corrected chi connectivity index (χ4v) is 2.12. The summed E-state index contributed by atoms with van der Waals surface area (Å²) in [6.45, 7) is 2.29. The third kappa shape index (κ3) is 2.36. The quantitative estimate of drug-likeness (QED) is 0.808. The molecule has 0 bridgehead atoms. The van der Waals surface area contributed by atoms with Crippen LogP contribution < -0.4 is 0 Å². The number of ketones is 1. The summed E-state index contributed by atoms with van der Waals surface area (Å²) in [6.07, 6.45) is 0.936. The summed E-state index contributed by atoms with van der Waals surface area (Å²) in [4.78, 5) is 11.0. The first-order valence-electron chi connectivity index (χ1n) is 5.56. The molecule has 0 aliphatic carbocycles. The van der Waals surface area contributed by atoms with Crippen LogP contribution in [-0.4, -0.2) is 19.0 Å². The summed E-state index contributed by atoms with van der Waals surface area (Å²) in [5, 5.41) is 0. The molecule has 0 atom stereocenters. The minimum atomic E-state index is -0.590. The molecule has 1 fully saturated rings. The fourth-order valence-electron chi connectivity index (χ4n) is 2.12. The van der Waals surface area contributed by atoms with Crippen molar-refractivity contribution in [2.75, 3.05) is 13.2 Å². The van der Waals surface area contributed by atoms with E-state index >= 15 is 0 Å². The molecule has 1 aromatic rings. The highest BCUT2D eigenvalue weighted by Crippen LogP contribution is 2.38. The molecule has 0 spiro atoms. The Kier molecular flexibility index (Phi) is 3.24.